The number of aryl methyl sites for hydroxylation is 1. The summed E-state index contributed by atoms with van der Waals surface area (Å²) in [6.45, 7) is 2.48. The minimum absolute atomic E-state index is 0.0438. The number of aromatic nitrogens is 2. The third kappa shape index (κ3) is 2.60. The maximum absolute atomic E-state index is 12.9. The number of nitrogens with zero attached hydrogens (tertiary/aromatic N) is 4. The number of nitro groups is 1. The Morgan fingerprint density at radius 2 is 2.21 bits per heavy atom. The summed E-state index contributed by atoms with van der Waals surface area (Å²) >= 11 is 0. The lowest BCUT2D eigenvalue weighted by Gasteiger charge is -2.25. The van der Waals surface area contributed by atoms with Gasteiger partial charge in [-0.15, -0.1) is 0 Å². The van der Waals surface area contributed by atoms with Crippen LogP contribution in [0, 0.1) is 17.0 Å². The van der Waals surface area contributed by atoms with Crippen LogP contribution in [0.15, 0.2) is 24.4 Å². The zero-order valence-corrected chi connectivity index (χ0v) is 13.5. The number of aromatic hydroxyl groups is 1. The maximum Gasteiger partial charge on any atom is 0.270 e. The topological polar surface area (TPSA) is 102 Å². The molecule has 1 fully saturated rings. The van der Waals surface area contributed by atoms with E-state index in [-0.39, 0.29) is 23.0 Å². The second-order valence-corrected chi connectivity index (χ2v) is 5.92. The minimum Gasteiger partial charge on any atom is -0.507 e. The molecule has 24 heavy (non-hydrogen) atoms. The van der Waals surface area contributed by atoms with Gasteiger partial charge in [0.25, 0.3) is 11.6 Å². The molecule has 1 atom stereocenters. The Morgan fingerprint density at radius 3 is 2.83 bits per heavy atom. The summed E-state index contributed by atoms with van der Waals surface area (Å²) in [7, 11) is 1.84. The highest BCUT2D eigenvalue weighted by atomic mass is 16.6. The van der Waals surface area contributed by atoms with E-state index in [1.54, 1.807) is 15.8 Å². The fraction of sp³-hybridized carbons (Fsp3) is 0.375. The quantitative estimate of drug-likeness (QED) is 0.687. The lowest BCUT2D eigenvalue weighted by Crippen LogP contribution is -2.30. The first-order valence-corrected chi connectivity index (χ1v) is 7.67. The van der Waals surface area contributed by atoms with Gasteiger partial charge in [-0.2, -0.15) is 5.10 Å². The first-order valence-electron chi connectivity index (χ1n) is 7.67. The van der Waals surface area contributed by atoms with Gasteiger partial charge in [-0.1, -0.05) is 0 Å². The van der Waals surface area contributed by atoms with E-state index in [2.05, 4.69) is 5.10 Å². The molecule has 1 aliphatic heterocycles. The van der Waals surface area contributed by atoms with Gasteiger partial charge in [0.15, 0.2) is 0 Å². The summed E-state index contributed by atoms with van der Waals surface area (Å²) in [6, 6.07) is 3.36. The SMILES string of the molecule is Cc1c([C@@H]2CCCN2C(=O)c2cc([N+](=O)[O-])ccc2O)cnn1C. The Labute approximate surface area is 138 Å². The van der Waals surface area contributed by atoms with Crippen molar-refractivity contribution in [1.29, 1.82) is 0 Å². The maximum atomic E-state index is 12.9. The van der Waals surface area contributed by atoms with Gasteiger partial charge in [-0.3, -0.25) is 19.6 Å². The van der Waals surface area contributed by atoms with E-state index in [1.807, 2.05) is 14.0 Å². The van der Waals surface area contributed by atoms with Crippen LogP contribution in [-0.2, 0) is 7.05 Å². The van der Waals surface area contributed by atoms with Crippen molar-refractivity contribution in [3.05, 3.63) is 51.3 Å². The van der Waals surface area contributed by atoms with E-state index in [0.29, 0.717) is 6.54 Å². The average molecular weight is 330 g/mol. The minimum atomic E-state index is -0.580. The van der Waals surface area contributed by atoms with E-state index in [9.17, 15) is 20.0 Å². The molecule has 0 aliphatic carbocycles. The molecule has 0 unspecified atom stereocenters. The van der Waals surface area contributed by atoms with Crippen molar-refractivity contribution >= 4 is 11.6 Å². The smallest absolute Gasteiger partial charge is 0.270 e. The van der Waals surface area contributed by atoms with Crippen LogP contribution in [0.5, 0.6) is 5.75 Å². The molecule has 0 spiro atoms. The Bertz CT molecular complexity index is 814. The molecule has 1 amide bonds. The zero-order valence-electron chi connectivity index (χ0n) is 13.5. The van der Waals surface area contributed by atoms with Gasteiger partial charge in [0, 0.05) is 37.0 Å². The first kappa shape index (κ1) is 16.0. The largest absolute Gasteiger partial charge is 0.507 e. The summed E-state index contributed by atoms with van der Waals surface area (Å²) in [6.07, 6.45) is 3.38. The number of phenolic OH excluding ortho intramolecular Hbond substituents is 1. The van der Waals surface area contributed by atoms with E-state index in [1.165, 1.54) is 12.1 Å². The summed E-state index contributed by atoms with van der Waals surface area (Å²) < 4.78 is 1.75. The molecule has 2 heterocycles. The van der Waals surface area contributed by atoms with Crippen molar-refractivity contribution in [2.75, 3.05) is 6.54 Å². The van der Waals surface area contributed by atoms with Crippen LogP contribution in [0.1, 0.15) is 40.5 Å². The van der Waals surface area contributed by atoms with Crippen LogP contribution in [0.2, 0.25) is 0 Å². The van der Waals surface area contributed by atoms with E-state index in [4.69, 9.17) is 0 Å². The highest BCUT2D eigenvalue weighted by molar-refractivity contribution is 5.98. The van der Waals surface area contributed by atoms with E-state index < -0.39 is 10.8 Å². The number of hydrogen-bond donors (Lipinski definition) is 1. The van der Waals surface area contributed by atoms with Gasteiger partial charge in [-0.25, -0.2) is 0 Å². The molecule has 1 aromatic carbocycles. The van der Waals surface area contributed by atoms with Gasteiger partial charge in [0.1, 0.15) is 5.75 Å². The second kappa shape index (κ2) is 5.95. The number of phenols is 1. The number of hydrogen-bond acceptors (Lipinski definition) is 5. The number of likely N-dealkylation sites (tertiary alicyclic amines) is 1. The van der Waals surface area contributed by atoms with Crippen LogP contribution in [0.4, 0.5) is 5.69 Å². The first-order chi connectivity index (χ1) is 11.4. The zero-order chi connectivity index (χ0) is 17.4. The van der Waals surface area contributed by atoms with Gasteiger partial charge in [0.05, 0.1) is 22.7 Å². The van der Waals surface area contributed by atoms with Gasteiger partial charge in [-0.05, 0) is 25.8 Å². The van der Waals surface area contributed by atoms with Crippen molar-refractivity contribution in [2.45, 2.75) is 25.8 Å². The molecule has 126 valence electrons. The normalized spacial score (nSPS) is 17.2. The number of carbonyl (C=O) groups is 1. The van der Waals surface area contributed by atoms with Crippen LogP contribution in [0.25, 0.3) is 0 Å². The molecule has 8 nitrogen and oxygen atoms in total. The molecule has 1 N–H and O–H groups in total. The second-order valence-electron chi connectivity index (χ2n) is 5.92. The predicted molar refractivity (Wildman–Crippen MR) is 85.7 cm³/mol. The fourth-order valence-corrected chi connectivity index (χ4v) is 3.14. The third-order valence-electron chi connectivity index (χ3n) is 4.57. The molecular weight excluding hydrogens is 312 g/mol. The average Bonchev–Trinajstić information content (AvgIpc) is 3.14. The van der Waals surface area contributed by atoms with Crippen LogP contribution >= 0.6 is 0 Å². The lowest BCUT2D eigenvalue weighted by atomic mass is 10.0. The number of nitro benzene ring substituents is 1. The lowest BCUT2D eigenvalue weighted by molar-refractivity contribution is -0.384. The van der Waals surface area contributed by atoms with Gasteiger partial charge < -0.3 is 10.0 Å². The van der Waals surface area contributed by atoms with Crippen molar-refractivity contribution in [3.8, 4) is 5.75 Å². The number of benzene rings is 1. The molecule has 0 radical (unpaired) electrons. The van der Waals surface area contributed by atoms with Crippen LogP contribution in [-0.4, -0.2) is 37.2 Å². The Morgan fingerprint density at radius 1 is 1.46 bits per heavy atom. The molecule has 8 heteroatoms. The molecule has 2 aromatic rings. The summed E-state index contributed by atoms with van der Waals surface area (Å²) in [4.78, 5) is 24.9. The number of carbonyl (C=O) groups excluding carboxylic acids is 1. The predicted octanol–water partition coefficient (Wildman–Crippen LogP) is 2.32. The van der Waals surface area contributed by atoms with Crippen molar-refractivity contribution < 1.29 is 14.8 Å². The molecule has 0 saturated carbocycles. The fourth-order valence-electron chi connectivity index (χ4n) is 3.14. The number of rotatable bonds is 3. The number of non-ortho nitro benzene ring substituents is 1. The van der Waals surface area contributed by atoms with Crippen LogP contribution < -0.4 is 0 Å². The highest BCUT2D eigenvalue weighted by Crippen LogP contribution is 2.36. The molecule has 1 saturated heterocycles. The third-order valence-corrected chi connectivity index (χ3v) is 4.57. The summed E-state index contributed by atoms with van der Waals surface area (Å²) in [5, 5.41) is 25.1. The van der Waals surface area contributed by atoms with Crippen LogP contribution in [0.3, 0.4) is 0 Å². The Balaban J connectivity index is 1.96. The van der Waals surface area contributed by atoms with E-state index >= 15 is 0 Å². The van der Waals surface area contributed by atoms with Gasteiger partial charge in [0.2, 0.25) is 0 Å². The van der Waals surface area contributed by atoms with E-state index in [0.717, 1.165) is 30.2 Å². The standard InChI is InChI=1S/C16H18N4O4/c1-10-13(9-17-18(10)2)14-4-3-7-19(14)16(22)12-8-11(20(23)24)5-6-15(12)21/h5-6,8-9,14,21H,3-4,7H2,1-2H3/t14-/m0/s1. The highest BCUT2D eigenvalue weighted by Gasteiger charge is 2.34. The monoisotopic (exact) mass is 330 g/mol. The molecule has 1 aliphatic rings. The molecular formula is C16H18N4O4. The van der Waals surface area contributed by atoms with Crippen molar-refractivity contribution in [3.63, 3.8) is 0 Å². The molecule has 1 aromatic heterocycles. The Kier molecular flexibility index (Phi) is 3.96. The van der Waals surface area contributed by atoms with Crippen molar-refractivity contribution in [2.24, 2.45) is 7.05 Å². The summed E-state index contributed by atoms with van der Waals surface area (Å²) in [5.41, 5.74) is 1.68. The molecule has 3 rings (SSSR count). The molecule has 0 bridgehead atoms. The summed E-state index contributed by atoms with van der Waals surface area (Å²) in [5.74, 6) is -0.652. The number of amides is 1. The van der Waals surface area contributed by atoms with Gasteiger partial charge >= 0.3 is 0 Å². The Hall–Kier alpha value is -2.90. The van der Waals surface area contributed by atoms with Crippen molar-refractivity contribution in [1.82, 2.24) is 14.7 Å².